The minimum absolute atomic E-state index is 0.0434. The SMILES string of the molecule is CCOc1ccc(NC(=O)/C(C#N)=C\NCCc2cccc(F)c2)cc1. The summed E-state index contributed by atoms with van der Waals surface area (Å²) in [5, 5.41) is 14.7. The first kappa shape index (κ1) is 19.0. The van der Waals surface area contributed by atoms with Gasteiger partial charge < -0.3 is 15.4 Å². The summed E-state index contributed by atoms with van der Waals surface area (Å²) >= 11 is 0. The smallest absolute Gasteiger partial charge is 0.267 e. The number of nitrogens with zero attached hydrogens (tertiary/aromatic N) is 1. The fourth-order valence-corrected chi connectivity index (χ4v) is 2.23. The summed E-state index contributed by atoms with van der Waals surface area (Å²) in [4.78, 5) is 12.1. The van der Waals surface area contributed by atoms with Crippen LogP contribution in [0.5, 0.6) is 5.75 Å². The third-order valence-corrected chi connectivity index (χ3v) is 3.48. The van der Waals surface area contributed by atoms with Crippen LogP contribution in [0.25, 0.3) is 0 Å². The minimum Gasteiger partial charge on any atom is -0.494 e. The molecule has 0 saturated carbocycles. The Hall–Kier alpha value is -3.33. The van der Waals surface area contributed by atoms with Crippen molar-refractivity contribution in [3.05, 3.63) is 71.7 Å². The number of ether oxygens (including phenoxy) is 1. The molecular formula is C20H20FN3O2. The van der Waals surface area contributed by atoms with Crippen LogP contribution in [0.15, 0.2) is 60.3 Å². The number of benzene rings is 2. The van der Waals surface area contributed by atoms with E-state index in [1.54, 1.807) is 30.3 Å². The van der Waals surface area contributed by atoms with Crippen molar-refractivity contribution >= 4 is 11.6 Å². The van der Waals surface area contributed by atoms with Crippen LogP contribution in [0.3, 0.4) is 0 Å². The maximum Gasteiger partial charge on any atom is 0.267 e. The monoisotopic (exact) mass is 353 g/mol. The molecule has 0 radical (unpaired) electrons. The van der Waals surface area contributed by atoms with Crippen LogP contribution < -0.4 is 15.4 Å². The predicted molar refractivity (Wildman–Crippen MR) is 98.0 cm³/mol. The van der Waals surface area contributed by atoms with Gasteiger partial charge in [-0.1, -0.05) is 12.1 Å². The first-order valence-electron chi connectivity index (χ1n) is 8.24. The van der Waals surface area contributed by atoms with Gasteiger partial charge in [-0.15, -0.1) is 0 Å². The van der Waals surface area contributed by atoms with Crippen LogP contribution in [-0.2, 0) is 11.2 Å². The van der Waals surface area contributed by atoms with Gasteiger partial charge in [-0.05, 0) is 55.3 Å². The highest BCUT2D eigenvalue weighted by Crippen LogP contribution is 2.16. The Kier molecular flexibility index (Phi) is 7.19. The Morgan fingerprint density at radius 3 is 2.69 bits per heavy atom. The lowest BCUT2D eigenvalue weighted by molar-refractivity contribution is -0.112. The second-order valence-electron chi connectivity index (χ2n) is 5.42. The van der Waals surface area contributed by atoms with E-state index >= 15 is 0 Å². The molecule has 0 bridgehead atoms. The van der Waals surface area contributed by atoms with Crippen LogP contribution in [0, 0.1) is 17.1 Å². The van der Waals surface area contributed by atoms with Crippen molar-refractivity contribution in [1.29, 1.82) is 5.26 Å². The number of hydrogen-bond acceptors (Lipinski definition) is 4. The average molecular weight is 353 g/mol. The van der Waals surface area contributed by atoms with Gasteiger partial charge in [0.15, 0.2) is 0 Å². The zero-order valence-corrected chi connectivity index (χ0v) is 14.5. The number of nitrogens with one attached hydrogen (secondary N) is 2. The summed E-state index contributed by atoms with van der Waals surface area (Å²) in [6.07, 6.45) is 1.94. The highest BCUT2D eigenvalue weighted by Gasteiger charge is 2.09. The van der Waals surface area contributed by atoms with Gasteiger partial charge in [0.1, 0.15) is 23.2 Å². The summed E-state index contributed by atoms with van der Waals surface area (Å²) in [5.41, 5.74) is 1.36. The Morgan fingerprint density at radius 1 is 1.27 bits per heavy atom. The molecular weight excluding hydrogens is 333 g/mol. The zero-order chi connectivity index (χ0) is 18.8. The number of halogens is 1. The van der Waals surface area contributed by atoms with E-state index in [-0.39, 0.29) is 11.4 Å². The standard InChI is InChI=1S/C20H20FN3O2/c1-2-26-19-8-6-18(7-9-19)24-20(25)16(13-22)14-23-11-10-15-4-3-5-17(21)12-15/h3-9,12,14,23H,2,10-11H2,1H3,(H,24,25)/b16-14-. The van der Waals surface area contributed by atoms with Gasteiger partial charge in [0.25, 0.3) is 5.91 Å². The van der Waals surface area contributed by atoms with Gasteiger partial charge in [0, 0.05) is 18.4 Å². The second kappa shape index (κ2) is 9.84. The Balaban J connectivity index is 1.87. The lowest BCUT2D eigenvalue weighted by Gasteiger charge is -2.07. The number of amides is 1. The highest BCUT2D eigenvalue weighted by molar-refractivity contribution is 6.06. The van der Waals surface area contributed by atoms with Gasteiger partial charge in [0.05, 0.1) is 6.61 Å². The molecule has 0 aromatic heterocycles. The summed E-state index contributed by atoms with van der Waals surface area (Å²) < 4.78 is 18.4. The average Bonchev–Trinajstić information content (AvgIpc) is 2.63. The summed E-state index contributed by atoms with van der Waals surface area (Å²) in [6, 6.07) is 15.1. The number of nitriles is 1. The lowest BCUT2D eigenvalue weighted by Crippen LogP contribution is -2.18. The first-order valence-corrected chi connectivity index (χ1v) is 8.24. The van der Waals surface area contributed by atoms with E-state index in [0.717, 1.165) is 5.56 Å². The molecule has 2 rings (SSSR count). The van der Waals surface area contributed by atoms with Crippen molar-refractivity contribution in [1.82, 2.24) is 5.32 Å². The zero-order valence-electron chi connectivity index (χ0n) is 14.5. The Bertz CT molecular complexity index is 811. The number of hydrogen-bond donors (Lipinski definition) is 2. The van der Waals surface area contributed by atoms with Crippen LogP contribution in [0.1, 0.15) is 12.5 Å². The van der Waals surface area contributed by atoms with Gasteiger partial charge in [-0.2, -0.15) is 5.26 Å². The number of anilines is 1. The molecule has 0 fully saturated rings. The molecule has 0 unspecified atom stereocenters. The summed E-state index contributed by atoms with van der Waals surface area (Å²) in [7, 11) is 0. The quantitative estimate of drug-likeness (QED) is 0.433. The van der Waals surface area contributed by atoms with Gasteiger partial charge >= 0.3 is 0 Å². The molecule has 0 atom stereocenters. The number of carbonyl (C=O) groups is 1. The predicted octanol–water partition coefficient (Wildman–Crippen LogP) is 3.40. The normalized spacial score (nSPS) is 10.7. The topological polar surface area (TPSA) is 74.1 Å². The van der Waals surface area contributed by atoms with E-state index in [4.69, 9.17) is 10.00 Å². The molecule has 1 amide bonds. The third-order valence-electron chi connectivity index (χ3n) is 3.48. The van der Waals surface area contributed by atoms with Gasteiger partial charge in [-0.25, -0.2) is 4.39 Å². The second-order valence-corrected chi connectivity index (χ2v) is 5.42. The fourth-order valence-electron chi connectivity index (χ4n) is 2.23. The lowest BCUT2D eigenvalue weighted by atomic mass is 10.1. The fraction of sp³-hybridized carbons (Fsp3) is 0.200. The molecule has 0 heterocycles. The molecule has 2 N–H and O–H groups in total. The van der Waals surface area contributed by atoms with Crippen molar-refractivity contribution < 1.29 is 13.9 Å². The van der Waals surface area contributed by atoms with E-state index in [2.05, 4.69) is 10.6 Å². The largest absolute Gasteiger partial charge is 0.494 e. The molecule has 2 aromatic rings. The van der Waals surface area contributed by atoms with E-state index in [0.29, 0.717) is 31.0 Å². The van der Waals surface area contributed by atoms with Gasteiger partial charge in [0.2, 0.25) is 0 Å². The maximum atomic E-state index is 13.1. The minimum atomic E-state index is -0.505. The van der Waals surface area contributed by atoms with Crippen LogP contribution in [-0.4, -0.2) is 19.1 Å². The molecule has 5 nitrogen and oxygen atoms in total. The van der Waals surface area contributed by atoms with Crippen LogP contribution in [0.2, 0.25) is 0 Å². The van der Waals surface area contributed by atoms with E-state index in [1.807, 2.05) is 19.1 Å². The summed E-state index contributed by atoms with van der Waals surface area (Å²) in [6.45, 7) is 2.93. The maximum absolute atomic E-state index is 13.1. The van der Waals surface area contributed by atoms with Crippen molar-refractivity contribution in [3.8, 4) is 11.8 Å². The van der Waals surface area contributed by atoms with Crippen LogP contribution >= 0.6 is 0 Å². The van der Waals surface area contributed by atoms with E-state index in [1.165, 1.54) is 18.3 Å². The van der Waals surface area contributed by atoms with Crippen LogP contribution in [0.4, 0.5) is 10.1 Å². The first-order chi connectivity index (χ1) is 12.6. The number of rotatable bonds is 8. The molecule has 0 aliphatic heterocycles. The molecule has 2 aromatic carbocycles. The Morgan fingerprint density at radius 2 is 2.04 bits per heavy atom. The molecule has 26 heavy (non-hydrogen) atoms. The Labute approximate surface area is 152 Å². The third kappa shape index (κ3) is 5.95. The molecule has 0 aliphatic carbocycles. The molecule has 6 heteroatoms. The molecule has 0 aliphatic rings. The summed E-state index contributed by atoms with van der Waals surface area (Å²) in [5.74, 6) is -0.0824. The molecule has 0 saturated heterocycles. The van der Waals surface area contributed by atoms with E-state index < -0.39 is 5.91 Å². The number of carbonyl (C=O) groups excluding carboxylic acids is 1. The van der Waals surface area contributed by atoms with Crippen molar-refractivity contribution in [2.24, 2.45) is 0 Å². The molecule has 134 valence electrons. The van der Waals surface area contributed by atoms with Crippen molar-refractivity contribution in [3.63, 3.8) is 0 Å². The van der Waals surface area contributed by atoms with Crippen molar-refractivity contribution in [2.75, 3.05) is 18.5 Å². The molecule has 0 spiro atoms. The van der Waals surface area contributed by atoms with Gasteiger partial charge in [-0.3, -0.25) is 4.79 Å². The van der Waals surface area contributed by atoms with Crippen molar-refractivity contribution in [2.45, 2.75) is 13.3 Å². The van der Waals surface area contributed by atoms with E-state index in [9.17, 15) is 9.18 Å². The highest BCUT2D eigenvalue weighted by atomic mass is 19.1.